The maximum atomic E-state index is 12.8. The lowest BCUT2D eigenvalue weighted by Gasteiger charge is -2.13. The van der Waals surface area contributed by atoms with Crippen molar-refractivity contribution < 1.29 is 17.9 Å². The standard InChI is InChI=1S/C18H27N3O4S/c1-12(2)21-15(5)18(14(4)19-21)20-26(22,23)16-7-8-17(13(3)11-16)25-10-9-24-6/h7-8,11-12,20H,9-10H2,1-6H3. The predicted octanol–water partition coefficient (Wildman–Crippen LogP) is 3.22. The molecule has 7 nitrogen and oxygen atoms in total. The molecular formula is C18H27N3O4S. The molecule has 0 amide bonds. The number of anilines is 1. The van der Waals surface area contributed by atoms with E-state index in [1.807, 2.05) is 32.4 Å². The number of ether oxygens (including phenoxy) is 2. The fraction of sp³-hybridized carbons (Fsp3) is 0.500. The number of methoxy groups -OCH3 is 1. The van der Waals surface area contributed by atoms with E-state index in [0.29, 0.717) is 30.3 Å². The van der Waals surface area contributed by atoms with Gasteiger partial charge in [0.05, 0.1) is 28.6 Å². The molecule has 0 atom stereocenters. The molecule has 1 heterocycles. The minimum absolute atomic E-state index is 0.151. The third kappa shape index (κ3) is 4.37. The van der Waals surface area contributed by atoms with Crippen molar-refractivity contribution in [3.8, 4) is 5.75 Å². The van der Waals surface area contributed by atoms with Gasteiger partial charge < -0.3 is 9.47 Å². The Kier molecular flexibility index (Phi) is 6.30. The number of nitrogens with one attached hydrogen (secondary N) is 1. The van der Waals surface area contributed by atoms with Crippen LogP contribution in [0.15, 0.2) is 23.1 Å². The summed E-state index contributed by atoms with van der Waals surface area (Å²) in [5, 5.41) is 4.42. The van der Waals surface area contributed by atoms with Gasteiger partial charge in [-0.3, -0.25) is 9.40 Å². The maximum absolute atomic E-state index is 12.8. The molecule has 0 aliphatic heterocycles. The van der Waals surface area contributed by atoms with Crippen molar-refractivity contribution >= 4 is 15.7 Å². The molecule has 1 aromatic heterocycles. The Balaban J connectivity index is 2.27. The normalized spacial score (nSPS) is 11.8. The summed E-state index contributed by atoms with van der Waals surface area (Å²) in [4.78, 5) is 0.185. The smallest absolute Gasteiger partial charge is 0.262 e. The van der Waals surface area contributed by atoms with Gasteiger partial charge in [0.15, 0.2) is 0 Å². The van der Waals surface area contributed by atoms with Gasteiger partial charge in [0, 0.05) is 13.2 Å². The van der Waals surface area contributed by atoms with Crippen molar-refractivity contribution in [2.24, 2.45) is 0 Å². The molecule has 2 aromatic rings. The first-order chi connectivity index (χ1) is 12.2. The second-order valence-corrected chi connectivity index (χ2v) is 8.14. The van der Waals surface area contributed by atoms with Crippen molar-refractivity contribution in [3.63, 3.8) is 0 Å². The van der Waals surface area contributed by atoms with Gasteiger partial charge in [-0.1, -0.05) is 0 Å². The van der Waals surface area contributed by atoms with Crippen LogP contribution in [0.1, 0.15) is 36.8 Å². The zero-order chi connectivity index (χ0) is 19.5. The molecule has 144 valence electrons. The largest absolute Gasteiger partial charge is 0.491 e. The second kappa shape index (κ2) is 8.09. The highest BCUT2D eigenvalue weighted by molar-refractivity contribution is 7.92. The van der Waals surface area contributed by atoms with E-state index in [-0.39, 0.29) is 10.9 Å². The minimum Gasteiger partial charge on any atom is -0.491 e. The first-order valence-electron chi connectivity index (χ1n) is 8.48. The van der Waals surface area contributed by atoms with E-state index >= 15 is 0 Å². The number of hydrogen-bond acceptors (Lipinski definition) is 5. The third-order valence-corrected chi connectivity index (χ3v) is 5.40. The van der Waals surface area contributed by atoms with Crippen LogP contribution in [0.4, 0.5) is 5.69 Å². The van der Waals surface area contributed by atoms with E-state index in [2.05, 4.69) is 9.82 Å². The summed E-state index contributed by atoms with van der Waals surface area (Å²) in [6.07, 6.45) is 0. The van der Waals surface area contributed by atoms with Gasteiger partial charge in [-0.2, -0.15) is 5.10 Å². The fourth-order valence-electron chi connectivity index (χ4n) is 2.69. The van der Waals surface area contributed by atoms with Crippen LogP contribution < -0.4 is 9.46 Å². The van der Waals surface area contributed by atoms with Crippen LogP contribution in [-0.2, 0) is 14.8 Å². The lowest BCUT2D eigenvalue weighted by atomic mass is 10.2. The summed E-state index contributed by atoms with van der Waals surface area (Å²) in [6.45, 7) is 10.4. The highest BCUT2D eigenvalue weighted by Gasteiger charge is 2.21. The predicted molar refractivity (Wildman–Crippen MR) is 101 cm³/mol. The van der Waals surface area contributed by atoms with Gasteiger partial charge in [0.1, 0.15) is 12.4 Å². The van der Waals surface area contributed by atoms with Crippen LogP contribution in [0.5, 0.6) is 5.75 Å². The van der Waals surface area contributed by atoms with E-state index < -0.39 is 10.0 Å². The Morgan fingerprint density at radius 1 is 1.19 bits per heavy atom. The van der Waals surface area contributed by atoms with E-state index in [0.717, 1.165) is 11.3 Å². The summed E-state index contributed by atoms with van der Waals surface area (Å²) in [7, 11) is -2.12. The van der Waals surface area contributed by atoms with Gasteiger partial charge in [-0.15, -0.1) is 0 Å². The number of nitrogens with zero attached hydrogens (tertiary/aromatic N) is 2. The summed E-state index contributed by atoms with van der Waals surface area (Å²) < 4.78 is 40.6. The van der Waals surface area contributed by atoms with Gasteiger partial charge in [0.25, 0.3) is 10.0 Å². The van der Waals surface area contributed by atoms with Gasteiger partial charge in [-0.25, -0.2) is 8.42 Å². The lowest BCUT2D eigenvalue weighted by molar-refractivity contribution is 0.146. The molecule has 0 unspecified atom stereocenters. The Bertz CT molecular complexity index is 873. The Hall–Kier alpha value is -2.06. The monoisotopic (exact) mass is 381 g/mol. The highest BCUT2D eigenvalue weighted by atomic mass is 32.2. The maximum Gasteiger partial charge on any atom is 0.262 e. The Morgan fingerprint density at radius 2 is 1.88 bits per heavy atom. The molecule has 8 heteroatoms. The van der Waals surface area contributed by atoms with E-state index in [4.69, 9.17) is 9.47 Å². The first kappa shape index (κ1) is 20.3. The highest BCUT2D eigenvalue weighted by Crippen LogP contribution is 2.27. The van der Waals surface area contributed by atoms with E-state index in [1.165, 1.54) is 6.07 Å². The molecule has 0 aliphatic carbocycles. The SMILES string of the molecule is COCCOc1ccc(S(=O)(=O)Nc2c(C)nn(C(C)C)c2C)cc1C. The molecule has 1 N–H and O–H groups in total. The first-order valence-corrected chi connectivity index (χ1v) is 9.96. The zero-order valence-electron chi connectivity index (χ0n) is 16.2. The van der Waals surface area contributed by atoms with Gasteiger partial charge in [-0.05, 0) is 58.4 Å². The van der Waals surface area contributed by atoms with Crippen LogP contribution in [-0.4, -0.2) is 38.5 Å². The molecule has 0 saturated carbocycles. The van der Waals surface area contributed by atoms with Crippen LogP contribution in [0.2, 0.25) is 0 Å². The fourth-order valence-corrected chi connectivity index (χ4v) is 3.95. The van der Waals surface area contributed by atoms with Gasteiger partial charge >= 0.3 is 0 Å². The van der Waals surface area contributed by atoms with Crippen molar-refractivity contribution in [1.29, 1.82) is 0 Å². The number of rotatable bonds is 8. The summed E-state index contributed by atoms with van der Waals surface area (Å²) in [6, 6.07) is 4.95. The Labute approximate surface area is 155 Å². The van der Waals surface area contributed by atoms with Gasteiger partial charge in [0.2, 0.25) is 0 Å². The number of aryl methyl sites for hydroxylation is 2. The summed E-state index contributed by atoms with van der Waals surface area (Å²) in [5.74, 6) is 0.640. The molecule has 0 fully saturated rings. The van der Waals surface area contributed by atoms with Crippen LogP contribution in [0.25, 0.3) is 0 Å². The molecular weight excluding hydrogens is 354 g/mol. The molecule has 1 aromatic carbocycles. The van der Waals surface area contributed by atoms with Crippen LogP contribution >= 0.6 is 0 Å². The molecule has 0 spiro atoms. The number of aromatic nitrogens is 2. The van der Waals surface area contributed by atoms with E-state index in [1.54, 1.807) is 26.2 Å². The van der Waals surface area contributed by atoms with Crippen molar-refractivity contribution in [1.82, 2.24) is 9.78 Å². The van der Waals surface area contributed by atoms with Crippen LogP contribution in [0.3, 0.4) is 0 Å². The number of sulfonamides is 1. The van der Waals surface area contributed by atoms with Crippen molar-refractivity contribution in [2.45, 2.75) is 45.6 Å². The summed E-state index contributed by atoms with van der Waals surface area (Å²) in [5.41, 5.74) is 2.71. The van der Waals surface area contributed by atoms with Crippen LogP contribution in [0, 0.1) is 20.8 Å². The molecule has 2 rings (SSSR count). The molecule has 0 radical (unpaired) electrons. The minimum atomic E-state index is -3.72. The molecule has 0 bridgehead atoms. The average Bonchev–Trinajstić information content (AvgIpc) is 2.84. The molecule has 26 heavy (non-hydrogen) atoms. The molecule has 0 aliphatic rings. The Morgan fingerprint density at radius 3 is 2.42 bits per heavy atom. The number of benzene rings is 1. The summed E-state index contributed by atoms with van der Waals surface area (Å²) >= 11 is 0. The van der Waals surface area contributed by atoms with Crippen molar-refractivity contribution in [3.05, 3.63) is 35.2 Å². The molecule has 0 saturated heterocycles. The lowest BCUT2D eigenvalue weighted by Crippen LogP contribution is -2.15. The number of hydrogen-bond donors (Lipinski definition) is 1. The zero-order valence-corrected chi connectivity index (χ0v) is 17.0. The van der Waals surface area contributed by atoms with Crippen molar-refractivity contribution in [2.75, 3.05) is 25.0 Å². The van der Waals surface area contributed by atoms with E-state index in [9.17, 15) is 8.42 Å². The average molecular weight is 381 g/mol. The third-order valence-electron chi connectivity index (χ3n) is 4.05. The quantitative estimate of drug-likeness (QED) is 0.710. The second-order valence-electron chi connectivity index (χ2n) is 6.46. The topological polar surface area (TPSA) is 82.4 Å².